The summed E-state index contributed by atoms with van der Waals surface area (Å²) in [6.07, 6.45) is 3.26. The number of fused-ring (bicyclic) bond motifs is 1. The smallest absolute Gasteiger partial charge is 0.253 e. The summed E-state index contributed by atoms with van der Waals surface area (Å²) in [6, 6.07) is 10.8. The molecule has 6 nitrogen and oxygen atoms in total. The molecular formula is C25H28ClN3O3. The lowest BCUT2D eigenvalue weighted by Crippen LogP contribution is -2.51. The van der Waals surface area contributed by atoms with Gasteiger partial charge in [-0.25, -0.2) is 0 Å². The van der Waals surface area contributed by atoms with Crippen LogP contribution in [-0.2, 0) is 11.3 Å². The zero-order valence-corrected chi connectivity index (χ0v) is 19.4. The number of rotatable bonds is 8. The number of hydrogen-bond donors (Lipinski definition) is 0. The number of carbonyl (C=O) groups excluding carboxylic acids is 2. The average Bonchev–Trinajstić information content (AvgIpc) is 3.18. The Morgan fingerprint density at radius 1 is 1.19 bits per heavy atom. The molecule has 0 radical (unpaired) electrons. The van der Waals surface area contributed by atoms with Crippen molar-refractivity contribution in [1.29, 1.82) is 0 Å². The van der Waals surface area contributed by atoms with Crippen molar-refractivity contribution in [3.05, 3.63) is 64.3 Å². The highest BCUT2D eigenvalue weighted by atomic mass is 35.5. The fourth-order valence-electron chi connectivity index (χ4n) is 4.15. The molecule has 2 heterocycles. The van der Waals surface area contributed by atoms with Crippen molar-refractivity contribution in [1.82, 2.24) is 14.7 Å². The van der Waals surface area contributed by atoms with Crippen LogP contribution in [0, 0.1) is 12.8 Å². The molecule has 0 bridgehead atoms. The van der Waals surface area contributed by atoms with E-state index in [1.54, 1.807) is 31.4 Å². The van der Waals surface area contributed by atoms with E-state index in [2.05, 4.69) is 5.10 Å². The molecule has 1 aliphatic rings. The molecule has 1 aromatic heterocycles. The Kier molecular flexibility index (Phi) is 6.63. The lowest BCUT2D eigenvalue weighted by molar-refractivity contribution is 0.0462. The molecule has 2 aromatic carbocycles. The van der Waals surface area contributed by atoms with Crippen LogP contribution in [0.2, 0.25) is 5.02 Å². The number of Topliss-reactive ketones (excluding diaryl/α,β-unsaturated/α-hetero) is 1. The van der Waals surface area contributed by atoms with Crippen molar-refractivity contribution >= 4 is 34.2 Å². The summed E-state index contributed by atoms with van der Waals surface area (Å²) in [7, 11) is 1.66. The zero-order valence-electron chi connectivity index (χ0n) is 18.7. The number of nitrogens with zero attached hydrogens (tertiary/aromatic N) is 3. The highest BCUT2D eigenvalue weighted by Crippen LogP contribution is 2.25. The second-order valence-corrected chi connectivity index (χ2v) is 9.05. The lowest BCUT2D eigenvalue weighted by atomic mass is 9.98. The van der Waals surface area contributed by atoms with E-state index in [0.29, 0.717) is 42.4 Å². The van der Waals surface area contributed by atoms with Gasteiger partial charge in [0.2, 0.25) is 0 Å². The molecular weight excluding hydrogens is 426 g/mol. The van der Waals surface area contributed by atoms with Crippen LogP contribution in [0.4, 0.5) is 0 Å². The summed E-state index contributed by atoms with van der Waals surface area (Å²) in [6.45, 7) is 6.11. The van der Waals surface area contributed by atoms with Crippen LogP contribution < -0.4 is 0 Å². The number of amides is 1. The normalized spacial score (nSPS) is 15.1. The maximum Gasteiger partial charge on any atom is 0.253 e. The predicted octanol–water partition coefficient (Wildman–Crippen LogP) is 4.77. The highest BCUT2D eigenvalue weighted by molar-refractivity contribution is 6.30. The Morgan fingerprint density at radius 3 is 2.59 bits per heavy atom. The number of aryl methyl sites for hydroxylation is 1. The maximum absolute atomic E-state index is 12.7. The number of likely N-dealkylation sites (tertiary alicyclic amines) is 1. The molecule has 1 amide bonds. The van der Waals surface area contributed by atoms with Gasteiger partial charge in [0.1, 0.15) is 0 Å². The molecule has 1 atom stereocenters. The van der Waals surface area contributed by atoms with Gasteiger partial charge >= 0.3 is 0 Å². The van der Waals surface area contributed by atoms with Gasteiger partial charge in [-0.2, -0.15) is 5.10 Å². The number of carbonyl (C=O) groups is 2. The zero-order chi connectivity index (χ0) is 22.8. The SMILES string of the molecule is CO[C@@H](C)CCC(=O)c1ccc2nn(CC3CN(C(=O)c4ccc(Cl)cc4)C3)cc2c1C. The summed E-state index contributed by atoms with van der Waals surface area (Å²) in [5.74, 6) is 0.527. The van der Waals surface area contributed by atoms with Gasteiger partial charge in [-0.05, 0) is 62.2 Å². The van der Waals surface area contributed by atoms with Crippen LogP contribution in [0.25, 0.3) is 10.9 Å². The third-order valence-electron chi connectivity index (χ3n) is 6.27. The molecule has 7 heteroatoms. The third kappa shape index (κ3) is 4.71. The monoisotopic (exact) mass is 453 g/mol. The maximum atomic E-state index is 12.7. The quantitative estimate of drug-likeness (QED) is 0.461. The molecule has 0 spiro atoms. The van der Waals surface area contributed by atoms with E-state index in [1.807, 2.05) is 41.8 Å². The van der Waals surface area contributed by atoms with Crippen LogP contribution in [0.1, 0.15) is 46.0 Å². The van der Waals surface area contributed by atoms with Crippen LogP contribution in [0.3, 0.4) is 0 Å². The predicted molar refractivity (Wildman–Crippen MR) is 125 cm³/mol. The van der Waals surface area contributed by atoms with Crippen LogP contribution >= 0.6 is 11.6 Å². The number of hydrogen-bond acceptors (Lipinski definition) is 4. The minimum atomic E-state index is 0.0327. The molecule has 0 unspecified atom stereocenters. The van der Waals surface area contributed by atoms with E-state index >= 15 is 0 Å². The van der Waals surface area contributed by atoms with E-state index in [4.69, 9.17) is 16.3 Å². The summed E-state index contributed by atoms with van der Waals surface area (Å²) in [5, 5.41) is 6.32. The third-order valence-corrected chi connectivity index (χ3v) is 6.52. The van der Waals surface area contributed by atoms with E-state index in [1.165, 1.54) is 0 Å². The first-order valence-electron chi connectivity index (χ1n) is 10.9. The van der Waals surface area contributed by atoms with E-state index < -0.39 is 0 Å². The largest absolute Gasteiger partial charge is 0.382 e. The summed E-state index contributed by atoms with van der Waals surface area (Å²) in [4.78, 5) is 27.1. The molecule has 3 aromatic rings. The fraction of sp³-hybridized carbons (Fsp3) is 0.400. The summed E-state index contributed by atoms with van der Waals surface area (Å²) >= 11 is 5.90. The first-order valence-corrected chi connectivity index (χ1v) is 11.3. The topological polar surface area (TPSA) is 64.4 Å². The van der Waals surface area contributed by atoms with Gasteiger partial charge in [-0.15, -0.1) is 0 Å². The molecule has 0 aliphatic carbocycles. The second-order valence-electron chi connectivity index (χ2n) is 8.61. The van der Waals surface area contributed by atoms with Gasteiger partial charge < -0.3 is 9.64 Å². The first kappa shape index (κ1) is 22.5. The number of aromatic nitrogens is 2. The number of halogens is 1. The molecule has 4 rings (SSSR count). The van der Waals surface area contributed by atoms with E-state index in [9.17, 15) is 9.59 Å². The Bertz CT molecular complexity index is 1130. The van der Waals surface area contributed by atoms with Gasteiger partial charge in [0.05, 0.1) is 11.6 Å². The van der Waals surface area contributed by atoms with Crippen molar-refractivity contribution in [3.8, 4) is 0 Å². The highest BCUT2D eigenvalue weighted by Gasteiger charge is 2.31. The second kappa shape index (κ2) is 9.43. The van der Waals surface area contributed by atoms with Gasteiger partial charge in [0.15, 0.2) is 5.78 Å². The van der Waals surface area contributed by atoms with Crippen molar-refractivity contribution < 1.29 is 14.3 Å². The van der Waals surface area contributed by atoms with Crippen molar-refractivity contribution in [2.45, 2.75) is 39.3 Å². The molecule has 0 saturated carbocycles. The molecule has 1 fully saturated rings. The number of methoxy groups -OCH3 is 1. The van der Waals surface area contributed by atoms with E-state index in [-0.39, 0.29) is 17.8 Å². The molecule has 1 aliphatic heterocycles. The van der Waals surface area contributed by atoms with Crippen LogP contribution in [0.5, 0.6) is 0 Å². The van der Waals surface area contributed by atoms with Crippen molar-refractivity contribution in [3.63, 3.8) is 0 Å². The first-order chi connectivity index (χ1) is 15.4. The van der Waals surface area contributed by atoms with Gasteiger partial charge in [-0.3, -0.25) is 14.3 Å². The number of ketones is 1. The Hall–Kier alpha value is -2.70. The minimum absolute atomic E-state index is 0.0327. The Labute approximate surface area is 193 Å². The summed E-state index contributed by atoms with van der Waals surface area (Å²) < 4.78 is 7.19. The average molecular weight is 454 g/mol. The van der Waals surface area contributed by atoms with Crippen LogP contribution in [-0.4, -0.2) is 52.7 Å². The Balaban J connectivity index is 1.38. The standard InChI is InChI=1S/C25H28ClN3O3/c1-16(32-3)4-11-24(30)21-9-10-23-22(17(21)2)15-29(27-23)14-18-12-28(13-18)25(31)19-5-7-20(26)8-6-19/h5-10,15-16,18H,4,11-14H2,1-3H3/t16-/m0/s1. The fourth-order valence-corrected chi connectivity index (χ4v) is 4.28. The van der Waals surface area contributed by atoms with Gasteiger partial charge in [-0.1, -0.05) is 11.6 Å². The molecule has 32 heavy (non-hydrogen) atoms. The van der Waals surface area contributed by atoms with Crippen molar-refractivity contribution in [2.24, 2.45) is 5.92 Å². The summed E-state index contributed by atoms with van der Waals surface area (Å²) in [5.41, 5.74) is 3.27. The van der Waals surface area contributed by atoms with E-state index in [0.717, 1.165) is 28.6 Å². The lowest BCUT2D eigenvalue weighted by Gasteiger charge is -2.39. The van der Waals surface area contributed by atoms with Crippen LogP contribution in [0.15, 0.2) is 42.6 Å². The van der Waals surface area contributed by atoms with Gasteiger partial charge in [0, 0.05) is 66.8 Å². The Morgan fingerprint density at radius 2 is 1.91 bits per heavy atom. The molecule has 1 saturated heterocycles. The molecule has 168 valence electrons. The number of ether oxygens (including phenoxy) is 1. The minimum Gasteiger partial charge on any atom is -0.382 e. The molecule has 0 N–H and O–H groups in total. The van der Waals surface area contributed by atoms with Gasteiger partial charge in [0.25, 0.3) is 5.91 Å². The van der Waals surface area contributed by atoms with Crippen molar-refractivity contribution in [2.75, 3.05) is 20.2 Å². The number of benzene rings is 2.